The fourth-order valence-corrected chi connectivity index (χ4v) is 2.71. The quantitative estimate of drug-likeness (QED) is 0.228. The normalized spacial score (nSPS) is 27.4. The first-order valence-electron chi connectivity index (χ1n) is 6.84. The molecule has 0 bridgehead atoms. The van der Waals surface area contributed by atoms with E-state index in [9.17, 15) is 14.5 Å². The summed E-state index contributed by atoms with van der Waals surface area (Å²) in [6, 6.07) is 1.35. The second-order valence-corrected chi connectivity index (χ2v) is 5.54. The summed E-state index contributed by atoms with van der Waals surface area (Å²) in [5.74, 6) is 4.87. The molecule has 134 valence electrons. The van der Waals surface area contributed by atoms with Crippen molar-refractivity contribution in [3.63, 3.8) is 0 Å². The maximum Gasteiger partial charge on any atom is 0.695 e. The summed E-state index contributed by atoms with van der Waals surface area (Å²) in [5.41, 5.74) is 4.66. The van der Waals surface area contributed by atoms with E-state index in [1.165, 1.54) is 12.3 Å². The van der Waals surface area contributed by atoms with Crippen LogP contribution in [0.4, 0.5) is 5.82 Å². The van der Waals surface area contributed by atoms with Gasteiger partial charge in [-0.25, -0.2) is 10.7 Å². The van der Waals surface area contributed by atoms with Crippen LogP contribution in [0.15, 0.2) is 17.1 Å². The number of nitrogens with zero attached hydrogens (tertiary/aromatic N) is 2. The van der Waals surface area contributed by atoms with Gasteiger partial charge in [0.1, 0.15) is 18.0 Å². The van der Waals surface area contributed by atoms with Crippen molar-refractivity contribution in [2.45, 2.75) is 24.5 Å². The zero-order valence-electron chi connectivity index (χ0n) is 12.4. The summed E-state index contributed by atoms with van der Waals surface area (Å²) >= 11 is 0. The van der Waals surface area contributed by atoms with Crippen molar-refractivity contribution in [1.29, 1.82) is 0 Å². The van der Waals surface area contributed by atoms with Crippen LogP contribution in [0.25, 0.3) is 0 Å². The molecule has 24 heavy (non-hydrogen) atoms. The van der Waals surface area contributed by atoms with Crippen LogP contribution >= 0.6 is 8.25 Å². The van der Waals surface area contributed by atoms with Gasteiger partial charge in [0.2, 0.25) is 0 Å². The first-order valence-corrected chi connectivity index (χ1v) is 7.97. The van der Waals surface area contributed by atoms with E-state index < -0.39 is 38.5 Å². The number of aliphatic hydroxyl groups excluding tert-OH is 1. The molecule has 6 N–H and O–H groups in total. The highest BCUT2D eigenvalue weighted by atomic mass is 31.1. The predicted octanol–water partition coefficient (Wildman–Crippen LogP) is -1.97. The summed E-state index contributed by atoms with van der Waals surface area (Å²) in [4.78, 5) is 28.7. The van der Waals surface area contributed by atoms with Crippen molar-refractivity contribution < 1.29 is 33.4 Å². The molecular formula is C11H18N4O8P+. The fourth-order valence-electron chi connectivity index (χ4n) is 2.24. The topological polar surface area (TPSA) is 181 Å². The lowest BCUT2D eigenvalue weighted by molar-refractivity contribution is -0.0726. The molecule has 2 heterocycles. The summed E-state index contributed by atoms with van der Waals surface area (Å²) in [6.07, 6.45) is -3.38. The third-order valence-electron chi connectivity index (χ3n) is 3.27. The minimum Gasteiger partial charge on any atom is -0.385 e. The standard InChI is InChI=1S/C11H17N4O8P/c12-7-1-2-15(11(17)14-7)10-8(16)9(23-24(18)19)6(22-10)5-20-3-4-21-13/h1-2,6,8-10,16H,3-5,13H2,(H2-,12,14,17,18,19)/p+1/t6-,8-,9-,10-/m1/s1. The first kappa shape index (κ1) is 18.8. The van der Waals surface area contributed by atoms with Crippen molar-refractivity contribution in [2.75, 3.05) is 25.6 Å². The van der Waals surface area contributed by atoms with Gasteiger partial charge in [-0.1, -0.05) is 0 Å². The number of nitrogens with two attached hydrogens (primary N) is 2. The van der Waals surface area contributed by atoms with Crippen molar-refractivity contribution in [1.82, 2.24) is 9.55 Å². The van der Waals surface area contributed by atoms with Gasteiger partial charge in [-0.2, -0.15) is 4.98 Å². The minimum absolute atomic E-state index is 0.0108. The highest BCUT2D eigenvalue weighted by Crippen LogP contribution is 2.35. The molecule has 5 atom stereocenters. The van der Waals surface area contributed by atoms with Gasteiger partial charge in [-0.3, -0.25) is 4.57 Å². The highest BCUT2D eigenvalue weighted by molar-refractivity contribution is 7.32. The lowest BCUT2D eigenvalue weighted by Crippen LogP contribution is -2.37. The lowest BCUT2D eigenvalue weighted by atomic mass is 10.1. The van der Waals surface area contributed by atoms with Crippen LogP contribution in [-0.4, -0.2) is 57.7 Å². The van der Waals surface area contributed by atoms with Gasteiger partial charge in [0, 0.05) is 10.8 Å². The van der Waals surface area contributed by atoms with Crippen LogP contribution in [0, 0.1) is 0 Å². The molecule has 0 radical (unpaired) electrons. The van der Waals surface area contributed by atoms with Crippen molar-refractivity contribution in [3.05, 3.63) is 22.7 Å². The maximum atomic E-state index is 11.9. The van der Waals surface area contributed by atoms with E-state index in [-0.39, 0.29) is 25.6 Å². The number of rotatable bonds is 8. The molecule has 1 fully saturated rings. The zero-order chi connectivity index (χ0) is 17.7. The Hall–Kier alpha value is -1.50. The smallest absolute Gasteiger partial charge is 0.385 e. The minimum atomic E-state index is -3.00. The Kier molecular flexibility index (Phi) is 6.71. The zero-order valence-corrected chi connectivity index (χ0v) is 13.3. The largest absolute Gasteiger partial charge is 0.695 e. The van der Waals surface area contributed by atoms with E-state index in [1.807, 2.05) is 0 Å². The van der Waals surface area contributed by atoms with Crippen LogP contribution in [-0.2, 0) is 23.4 Å². The molecule has 0 spiro atoms. The number of anilines is 1. The third kappa shape index (κ3) is 4.53. The molecule has 13 heteroatoms. The molecule has 1 aliphatic rings. The van der Waals surface area contributed by atoms with Crippen LogP contribution < -0.4 is 17.3 Å². The molecule has 1 aromatic heterocycles. The summed E-state index contributed by atoms with van der Waals surface area (Å²) < 4.78 is 27.5. The molecular weight excluding hydrogens is 347 g/mol. The maximum absolute atomic E-state index is 11.9. The molecule has 2 rings (SSSR count). The van der Waals surface area contributed by atoms with Crippen molar-refractivity contribution >= 4 is 14.1 Å². The van der Waals surface area contributed by atoms with E-state index >= 15 is 0 Å². The Labute approximate surface area is 136 Å². The average Bonchev–Trinajstić information content (AvgIpc) is 2.80. The predicted molar refractivity (Wildman–Crippen MR) is 78.5 cm³/mol. The third-order valence-corrected chi connectivity index (χ3v) is 3.70. The molecule has 0 amide bonds. The van der Waals surface area contributed by atoms with Crippen molar-refractivity contribution in [3.8, 4) is 0 Å². The van der Waals surface area contributed by atoms with E-state index in [4.69, 9.17) is 30.5 Å². The van der Waals surface area contributed by atoms with Gasteiger partial charge in [-0.15, -0.1) is 9.42 Å². The van der Waals surface area contributed by atoms with E-state index in [0.717, 1.165) is 4.57 Å². The SMILES string of the molecule is NOCCOC[C@H]1O[C@@H](n2ccc(N)nc2=O)[C@H](O)[C@@H]1O[P+](=O)O. The molecule has 1 aromatic rings. The number of aromatic nitrogens is 2. The Bertz CT molecular complexity index is 628. The van der Waals surface area contributed by atoms with Gasteiger partial charge >= 0.3 is 13.9 Å². The Balaban J connectivity index is 2.15. The van der Waals surface area contributed by atoms with Crippen LogP contribution in [0.3, 0.4) is 0 Å². The molecule has 0 saturated carbocycles. The first-order chi connectivity index (χ1) is 11.4. The highest BCUT2D eigenvalue weighted by Gasteiger charge is 2.50. The van der Waals surface area contributed by atoms with Crippen molar-refractivity contribution in [2.24, 2.45) is 5.90 Å². The molecule has 1 aliphatic heterocycles. The van der Waals surface area contributed by atoms with Gasteiger partial charge in [0.15, 0.2) is 12.3 Å². The Morgan fingerprint density at radius 3 is 2.83 bits per heavy atom. The molecule has 0 aliphatic carbocycles. The number of aliphatic hydroxyl groups is 1. The summed E-state index contributed by atoms with van der Waals surface area (Å²) in [5, 5.41) is 10.3. The van der Waals surface area contributed by atoms with Gasteiger partial charge in [0.25, 0.3) is 0 Å². The van der Waals surface area contributed by atoms with E-state index in [0.29, 0.717) is 0 Å². The molecule has 0 aromatic carbocycles. The van der Waals surface area contributed by atoms with Crippen LogP contribution in [0.1, 0.15) is 6.23 Å². The fraction of sp³-hybridized carbons (Fsp3) is 0.636. The van der Waals surface area contributed by atoms with Crippen LogP contribution in [0.2, 0.25) is 0 Å². The number of nitrogen functional groups attached to an aromatic ring is 1. The Morgan fingerprint density at radius 2 is 2.21 bits per heavy atom. The summed E-state index contributed by atoms with van der Waals surface area (Å²) in [6.45, 7) is 0.181. The molecule has 12 nitrogen and oxygen atoms in total. The lowest BCUT2D eigenvalue weighted by Gasteiger charge is -2.16. The monoisotopic (exact) mass is 365 g/mol. The van der Waals surface area contributed by atoms with Gasteiger partial charge < -0.3 is 25.2 Å². The molecule has 1 unspecified atom stereocenters. The van der Waals surface area contributed by atoms with Gasteiger partial charge in [-0.05, 0) is 6.07 Å². The second kappa shape index (κ2) is 8.55. The van der Waals surface area contributed by atoms with Gasteiger partial charge in [0.05, 0.1) is 19.8 Å². The van der Waals surface area contributed by atoms with E-state index in [2.05, 4.69) is 9.82 Å². The second-order valence-electron chi connectivity index (χ2n) is 4.85. The van der Waals surface area contributed by atoms with Crippen LogP contribution in [0.5, 0.6) is 0 Å². The Morgan fingerprint density at radius 1 is 1.46 bits per heavy atom. The molecule has 1 saturated heterocycles. The summed E-state index contributed by atoms with van der Waals surface area (Å²) in [7, 11) is -3.00. The number of hydrogen-bond acceptors (Lipinski definition) is 10. The average molecular weight is 365 g/mol. The number of hydrogen-bond donors (Lipinski definition) is 4. The number of ether oxygens (including phenoxy) is 2. The van der Waals surface area contributed by atoms with E-state index in [1.54, 1.807) is 0 Å².